The van der Waals surface area contributed by atoms with E-state index in [4.69, 9.17) is 0 Å². The zero-order valence-electron chi connectivity index (χ0n) is 14.7. The highest BCUT2D eigenvalue weighted by Gasteiger charge is 2.17. The molecule has 0 aromatic heterocycles. The number of nitrogens with one attached hydrogen (secondary N) is 1. The first-order valence-corrected chi connectivity index (χ1v) is 10.2. The van der Waals surface area contributed by atoms with Crippen LogP contribution in [0.4, 0.5) is 10.1 Å². The van der Waals surface area contributed by atoms with Crippen LogP contribution >= 0.6 is 0 Å². The predicted octanol–water partition coefficient (Wildman–Crippen LogP) is 2.73. The minimum absolute atomic E-state index is 0.131. The molecule has 0 saturated heterocycles. The molecule has 7 heteroatoms. The third-order valence-corrected chi connectivity index (χ3v) is 5.05. The summed E-state index contributed by atoms with van der Waals surface area (Å²) >= 11 is 0. The molecule has 1 amide bonds. The fraction of sp³-hybridized carbons (Fsp3) is 0.316. The number of hydrogen-bond donors (Lipinski definition) is 1. The van der Waals surface area contributed by atoms with Crippen molar-refractivity contribution >= 4 is 21.6 Å². The molecule has 0 spiro atoms. The standard InChI is InChI=1S/C19H23FN2O3S/c1-26(24,25)22(18-6-3-2-4-7-18)15-5-8-19(23)21-14-13-16-9-11-17(20)12-10-16/h2-4,6-7,9-12H,5,8,13-15H2,1H3,(H,21,23). The Bertz CT molecular complexity index is 808. The van der Waals surface area contributed by atoms with E-state index >= 15 is 0 Å². The monoisotopic (exact) mass is 378 g/mol. The summed E-state index contributed by atoms with van der Waals surface area (Å²) in [5.41, 5.74) is 1.53. The highest BCUT2D eigenvalue weighted by Crippen LogP contribution is 2.17. The molecule has 0 atom stereocenters. The van der Waals surface area contributed by atoms with E-state index in [-0.39, 0.29) is 24.7 Å². The molecule has 140 valence electrons. The lowest BCUT2D eigenvalue weighted by Crippen LogP contribution is -2.32. The van der Waals surface area contributed by atoms with E-state index in [2.05, 4.69) is 5.32 Å². The molecule has 2 aromatic rings. The quantitative estimate of drug-likeness (QED) is 0.730. The molecular weight excluding hydrogens is 355 g/mol. The van der Waals surface area contributed by atoms with E-state index < -0.39 is 10.0 Å². The molecule has 0 aliphatic rings. The summed E-state index contributed by atoms with van der Waals surface area (Å²) in [6, 6.07) is 15.0. The maximum absolute atomic E-state index is 12.8. The van der Waals surface area contributed by atoms with Crippen molar-refractivity contribution < 1.29 is 17.6 Å². The molecular formula is C19H23FN2O3S. The second kappa shape index (κ2) is 9.33. The second-order valence-electron chi connectivity index (χ2n) is 6.00. The van der Waals surface area contributed by atoms with Crippen molar-refractivity contribution in [2.24, 2.45) is 0 Å². The largest absolute Gasteiger partial charge is 0.356 e. The summed E-state index contributed by atoms with van der Waals surface area (Å²) in [6.07, 6.45) is 2.43. The number of carbonyl (C=O) groups is 1. The number of benzene rings is 2. The van der Waals surface area contributed by atoms with Crippen molar-refractivity contribution in [2.75, 3.05) is 23.7 Å². The van der Waals surface area contributed by atoms with Gasteiger partial charge in [0.2, 0.25) is 15.9 Å². The van der Waals surface area contributed by atoms with Gasteiger partial charge in [0.25, 0.3) is 0 Å². The Morgan fingerprint density at radius 2 is 1.73 bits per heavy atom. The Kier molecular flexibility index (Phi) is 7.15. The molecule has 26 heavy (non-hydrogen) atoms. The Morgan fingerprint density at radius 3 is 2.35 bits per heavy atom. The van der Waals surface area contributed by atoms with Gasteiger partial charge in [-0.1, -0.05) is 30.3 Å². The van der Waals surface area contributed by atoms with E-state index in [0.717, 1.165) is 11.8 Å². The summed E-state index contributed by atoms with van der Waals surface area (Å²) in [4.78, 5) is 11.9. The van der Waals surface area contributed by atoms with E-state index in [1.807, 2.05) is 6.07 Å². The summed E-state index contributed by atoms with van der Waals surface area (Å²) in [6.45, 7) is 0.702. The third kappa shape index (κ3) is 6.48. The van der Waals surface area contributed by atoms with Crippen LogP contribution in [0.5, 0.6) is 0 Å². The molecule has 1 N–H and O–H groups in total. The van der Waals surface area contributed by atoms with Crippen LogP contribution in [0, 0.1) is 5.82 Å². The fourth-order valence-electron chi connectivity index (χ4n) is 2.55. The molecule has 0 bridgehead atoms. The van der Waals surface area contributed by atoms with Crippen molar-refractivity contribution in [3.63, 3.8) is 0 Å². The number of sulfonamides is 1. The second-order valence-corrected chi connectivity index (χ2v) is 7.91. The number of hydrogen-bond acceptors (Lipinski definition) is 3. The Morgan fingerprint density at radius 1 is 1.08 bits per heavy atom. The minimum atomic E-state index is -3.40. The van der Waals surface area contributed by atoms with Crippen molar-refractivity contribution in [3.8, 4) is 0 Å². The number of nitrogens with zero attached hydrogens (tertiary/aromatic N) is 1. The molecule has 0 heterocycles. The average molecular weight is 378 g/mol. The summed E-state index contributed by atoms with van der Waals surface area (Å²) in [5, 5.41) is 2.80. The molecule has 0 fully saturated rings. The summed E-state index contributed by atoms with van der Waals surface area (Å²) < 4.78 is 38.1. The number of halogens is 1. The van der Waals surface area contributed by atoms with Crippen LogP contribution in [-0.2, 0) is 21.2 Å². The van der Waals surface area contributed by atoms with Crippen LogP contribution in [-0.4, -0.2) is 33.7 Å². The molecule has 5 nitrogen and oxygen atoms in total. The molecule has 0 unspecified atom stereocenters. The smallest absolute Gasteiger partial charge is 0.232 e. The highest BCUT2D eigenvalue weighted by molar-refractivity contribution is 7.92. The molecule has 2 aromatic carbocycles. The van der Waals surface area contributed by atoms with Gasteiger partial charge < -0.3 is 5.32 Å². The van der Waals surface area contributed by atoms with E-state index in [1.165, 1.54) is 16.4 Å². The van der Waals surface area contributed by atoms with Gasteiger partial charge in [0.15, 0.2) is 0 Å². The van der Waals surface area contributed by atoms with Crippen molar-refractivity contribution in [1.82, 2.24) is 5.32 Å². The Hall–Kier alpha value is -2.41. The molecule has 0 aliphatic carbocycles. The number of para-hydroxylation sites is 1. The van der Waals surface area contributed by atoms with Crippen LogP contribution in [0.1, 0.15) is 18.4 Å². The average Bonchev–Trinajstić information content (AvgIpc) is 2.60. The van der Waals surface area contributed by atoms with Gasteiger partial charge >= 0.3 is 0 Å². The molecule has 0 radical (unpaired) electrons. The Labute approximate surface area is 153 Å². The fourth-order valence-corrected chi connectivity index (χ4v) is 3.52. The van der Waals surface area contributed by atoms with Gasteiger partial charge in [0.1, 0.15) is 5.82 Å². The van der Waals surface area contributed by atoms with E-state index in [0.29, 0.717) is 25.1 Å². The van der Waals surface area contributed by atoms with E-state index in [9.17, 15) is 17.6 Å². The maximum atomic E-state index is 12.8. The summed E-state index contributed by atoms with van der Waals surface area (Å²) in [7, 11) is -3.40. The highest BCUT2D eigenvalue weighted by atomic mass is 32.2. The van der Waals surface area contributed by atoms with Gasteiger partial charge in [0, 0.05) is 19.5 Å². The third-order valence-electron chi connectivity index (χ3n) is 3.86. The van der Waals surface area contributed by atoms with Crippen LogP contribution in [0.2, 0.25) is 0 Å². The Balaban J connectivity index is 1.76. The molecule has 0 aliphatic heterocycles. The number of anilines is 1. The molecule has 2 rings (SSSR count). The number of carbonyl (C=O) groups excluding carboxylic acids is 1. The van der Waals surface area contributed by atoms with Crippen LogP contribution in [0.15, 0.2) is 54.6 Å². The zero-order valence-corrected chi connectivity index (χ0v) is 15.5. The lowest BCUT2D eigenvalue weighted by Gasteiger charge is -2.22. The van der Waals surface area contributed by atoms with Gasteiger partial charge in [-0.05, 0) is 42.7 Å². The van der Waals surface area contributed by atoms with Crippen LogP contribution < -0.4 is 9.62 Å². The number of rotatable bonds is 9. The van der Waals surface area contributed by atoms with Crippen LogP contribution in [0.25, 0.3) is 0 Å². The maximum Gasteiger partial charge on any atom is 0.232 e. The van der Waals surface area contributed by atoms with Gasteiger partial charge in [-0.2, -0.15) is 0 Å². The van der Waals surface area contributed by atoms with Gasteiger partial charge in [0.05, 0.1) is 11.9 Å². The van der Waals surface area contributed by atoms with Crippen molar-refractivity contribution in [3.05, 3.63) is 66.0 Å². The van der Waals surface area contributed by atoms with Crippen molar-refractivity contribution in [2.45, 2.75) is 19.3 Å². The van der Waals surface area contributed by atoms with Gasteiger partial charge in [-0.3, -0.25) is 9.10 Å². The minimum Gasteiger partial charge on any atom is -0.356 e. The lowest BCUT2D eigenvalue weighted by atomic mass is 10.1. The first-order valence-electron chi connectivity index (χ1n) is 8.40. The van der Waals surface area contributed by atoms with Gasteiger partial charge in [-0.25, -0.2) is 12.8 Å². The predicted molar refractivity (Wildman–Crippen MR) is 101 cm³/mol. The first-order chi connectivity index (χ1) is 12.4. The zero-order chi connectivity index (χ0) is 19.0. The van der Waals surface area contributed by atoms with Crippen LogP contribution in [0.3, 0.4) is 0 Å². The normalized spacial score (nSPS) is 11.2. The van der Waals surface area contributed by atoms with Crippen molar-refractivity contribution in [1.29, 1.82) is 0 Å². The van der Waals surface area contributed by atoms with Gasteiger partial charge in [-0.15, -0.1) is 0 Å². The summed E-state index contributed by atoms with van der Waals surface area (Å²) in [5.74, 6) is -0.416. The first kappa shape index (κ1) is 19.9. The van der Waals surface area contributed by atoms with E-state index in [1.54, 1.807) is 36.4 Å². The lowest BCUT2D eigenvalue weighted by molar-refractivity contribution is -0.121. The topological polar surface area (TPSA) is 66.5 Å². The SMILES string of the molecule is CS(=O)(=O)N(CCCC(=O)NCCc1ccc(F)cc1)c1ccccc1. The number of amides is 1. The molecule has 0 saturated carbocycles.